The van der Waals surface area contributed by atoms with Gasteiger partial charge in [0.25, 0.3) is 0 Å². The number of aliphatic hydroxyl groups is 1. The topological polar surface area (TPSA) is 49.5 Å². The van der Waals surface area contributed by atoms with E-state index in [9.17, 15) is 0 Å². The van der Waals surface area contributed by atoms with Crippen molar-refractivity contribution in [2.24, 2.45) is 11.7 Å². The Kier molecular flexibility index (Phi) is 4.40. The van der Waals surface area contributed by atoms with Gasteiger partial charge < -0.3 is 15.7 Å². The third-order valence-electron chi connectivity index (χ3n) is 3.59. The summed E-state index contributed by atoms with van der Waals surface area (Å²) in [6, 6.07) is 8.20. The molecule has 0 spiro atoms. The van der Waals surface area contributed by atoms with Gasteiger partial charge in [-0.3, -0.25) is 0 Å². The molecule has 3 heteroatoms. The first-order valence-electron chi connectivity index (χ1n) is 6.48. The van der Waals surface area contributed by atoms with Gasteiger partial charge >= 0.3 is 0 Å². The molecule has 0 bridgehead atoms. The maximum Gasteiger partial charge on any atom is 0.0681 e. The molecule has 3 N–H and O–H groups in total. The Morgan fingerprint density at radius 3 is 2.65 bits per heavy atom. The Balaban J connectivity index is 2.08. The van der Waals surface area contributed by atoms with Crippen molar-refractivity contribution in [2.75, 3.05) is 24.5 Å². The molecular weight excluding hydrogens is 212 g/mol. The Morgan fingerprint density at radius 1 is 1.24 bits per heavy atom. The number of nitrogens with two attached hydrogens (primary N) is 1. The van der Waals surface area contributed by atoms with Gasteiger partial charge in [-0.2, -0.15) is 0 Å². The first kappa shape index (κ1) is 12.4. The normalized spacial score (nSPS) is 21.3. The summed E-state index contributed by atoms with van der Waals surface area (Å²) in [7, 11) is 0. The van der Waals surface area contributed by atoms with Crippen molar-refractivity contribution >= 4 is 5.69 Å². The van der Waals surface area contributed by atoms with E-state index < -0.39 is 0 Å². The molecule has 1 saturated heterocycles. The lowest BCUT2D eigenvalue weighted by Crippen LogP contribution is -2.31. The summed E-state index contributed by atoms with van der Waals surface area (Å²) in [6.07, 6.45) is 3.78. The van der Waals surface area contributed by atoms with E-state index >= 15 is 0 Å². The highest BCUT2D eigenvalue weighted by molar-refractivity contribution is 5.47. The molecule has 0 saturated carbocycles. The fraction of sp³-hybridized carbons (Fsp3) is 0.571. The number of rotatable bonds is 3. The number of anilines is 1. The maximum atomic E-state index is 9.03. The van der Waals surface area contributed by atoms with Crippen LogP contribution in [0.3, 0.4) is 0 Å². The van der Waals surface area contributed by atoms with Crippen LogP contribution >= 0.6 is 0 Å². The van der Waals surface area contributed by atoms with Gasteiger partial charge in [-0.1, -0.05) is 18.6 Å². The van der Waals surface area contributed by atoms with Gasteiger partial charge in [0.05, 0.1) is 6.61 Å². The van der Waals surface area contributed by atoms with E-state index in [2.05, 4.69) is 17.0 Å². The van der Waals surface area contributed by atoms with Crippen LogP contribution in [0.15, 0.2) is 24.3 Å². The van der Waals surface area contributed by atoms with Gasteiger partial charge in [0, 0.05) is 18.8 Å². The van der Waals surface area contributed by atoms with E-state index in [-0.39, 0.29) is 6.61 Å². The van der Waals surface area contributed by atoms with Crippen LogP contribution in [0.25, 0.3) is 0 Å². The molecule has 1 heterocycles. The molecule has 1 aromatic rings. The summed E-state index contributed by atoms with van der Waals surface area (Å²) < 4.78 is 0. The number of benzene rings is 1. The van der Waals surface area contributed by atoms with Crippen molar-refractivity contribution in [3.63, 3.8) is 0 Å². The monoisotopic (exact) mass is 234 g/mol. The molecule has 1 fully saturated rings. The molecule has 0 radical (unpaired) electrons. The summed E-state index contributed by atoms with van der Waals surface area (Å²) in [6.45, 7) is 3.08. The third kappa shape index (κ3) is 3.20. The van der Waals surface area contributed by atoms with E-state index in [1.807, 2.05) is 12.1 Å². The van der Waals surface area contributed by atoms with E-state index in [4.69, 9.17) is 10.8 Å². The lowest BCUT2D eigenvalue weighted by molar-refractivity contribution is 0.282. The standard InChI is InChI=1S/C14H22N2O/c15-9-13-3-1-2-8-16(10-13)14-6-4-12(11-17)5-7-14/h4-7,13,17H,1-3,8-11,15H2. The van der Waals surface area contributed by atoms with E-state index in [1.54, 1.807) is 0 Å². The molecule has 1 aliphatic rings. The number of nitrogens with zero attached hydrogens (tertiary/aromatic N) is 1. The van der Waals surface area contributed by atoms with Gasteiger partial charge in [-0.15, -0.1) is 0 Å². The number of hydrogen-bond donors (Lipinski definition) is 2. The zero-order valence-electron chi connectivity index (χ0n) is 10.3. The average molecular weight is 234 g/mol. The Hall–Kier alpha value is -1.06. The maximum absolute atomic E-state index is 9.03. The smallest absolute Gasteiger partial charge is 0.0681 e. The Labute approximate surface area is 103 Å². The van der Waals surface area contributed by atoms with Gasteiger partial charge in [-0.05, 0) is 43.0 Å². The predicted molar refractivity (Wildman–Crippen MR) is 71.0 cm³/mol. The highest BCUT2D eigenvalue weighted by atomic mass is 16.3. The van der Waals surface area contributed by atoms with Crippen molar-refractivity contribution in [3.05, 3.63) is 29.8 Å². The minimum absolute atomic E-state index is 0.117. The SMILES string of the molecule is NCC1CCCCN(c2ccc(CO)cc2)C1. The number of hydrogen-bond acceptors (Lipinski definition) is 3. The van der Waals surface area contributed by atoms with Gasteiger partial charge in [0.2, 0.25) is 0 Å². The minimum atomic E-state index is 0.117. The summed E-state index contributed by atoms with van der Waals surface area (Å²) in [5.41, 5.74) is 8.02. The van der Waals surface area contributed by atoms with Crippen LogP contribution in [0.5, 0.6) is 0 Å². The number of aliphatic hydroxyl groups excluding tert-OH is 1. The summed E-state index contributed by atoms with van der Waals surface area (Å²) >= 11 is 0. The molecule has 17 heavy (non-hydrogen) atoms. The highest BCUT2D eigenvalue weighted by Crippen LogP contribution is 2.22. The fourth-order valence-corrected chi connectivity index (χ4v) is 2.47. The van der Waals surface area contributed by atoms with Gasteiger partial charge in [-0.25, -0.2) is 0 Å². The zero-order valence-corrected chi connectivity index (χ0v) is 10.3. The van der Waals surface area contributed by atoms with Crippen LogP contribution in [-0.2, 0) is 6.61 Å². The van der Waals surface area contributed by atoms with Gasteiger partial charge in [0.15, 0.2) is 0 Å². The van der Waals surface area contributed by atoms with Crippen molar-refractivity contribution < 1.29 is 5.11 Å². The predicted octanol–water partition coefficient (Wildman–Crippen LogP) is 1.74. The van der Waals surface area contributed by atoms with Crippen molar-refractivity contribution in [2.45, 2.75) is 25.9 Å². The Bertz CT molecular complexity index is 337. The second kappa shape index (κ2) is 6.03. The fourth-order valence-electron chi connectivity index (χ4n) is 2.47. The molecule has 1 unspecified atom stereocenters. The van der Waals surface area contributed by atoms with Crippen molar-refractivity contribution in [3.8, 4) is 0 Å². The van der Waals surface area contributed by atoms with E-state index in [1.165, 1.54) is 24.9 Å². The molecule has 0 amide bonds. The molecule has 3 nitrogen and oxygen atoms in total. The van der Waals surface area contributed by atoms with Crippen LogP contribution in [0, 0.1) is 5.92 Å². The summed E-state index contributed by atoms with van der Waals surface area (Å²) in [5.74, 6) is 0.620. The molecular formula is C14H22N2O. The quantitative estimate of drug-likeness (QED) is 0.837. The van der Waals surface area contributed by atoms with Crippen LogP contribution in [0.4, 0.5) is 5.69 Å². The molecule has 0 aliphatic carbocycles. The van der Waals surface area contributed by atoms with Crippen LogP contribution < -0.4 is 10.6 Å². The van der Waals surface area contributed by atoms with E-state index in [0.29, 0.717) is 5.92 Å². The van der Waals surface area contributed by atoms with E-state index in [0.717, 1.165) is 25.2 Å². The minimum Gasteiger partial charge on any atom is -0.392 e. The molecule has 1 aromatic carbocycles. The lowest BCUT2D eigenvalue weighted by atomic mass is 10.0. The summed E-state index contributed by atoms with van der Waals surface area (Å²) in [4.78, 5) is 2.42. The molecule has 1 aliphatic heterocycles. The lowest BCUT2D eigenvalue weighted by Gasteiger charge is -2.26. The Morgan fingerprint density at radius 2 is 2.00 bits per heavy atom. The first-order chi connectivity index (χ1) is 8.33. The molecule has 2 rings (SSSR count). The second-order valence-corrected chi connectivity index (χ2v) is 4.87. The van der Waals surface area contributed by atoms with Crippen LogP contribution in [-0.4, -0.2) is 24.7 Å². The van der Waals surface area contributed by atoms with Gasteiger partial charge in [0.1, 0.15) is 0 Å². The third-order valence-corrected chi connectivity index (χ3v) is 3.59. The molecule has 1 atom stereocenters. The molecule has 94 valence electrons. The summed E-state index contributed by atoms with van der Waals surface area (Å²) in [5, 5.41) is 9.03. The van der Waals surface area contributed by atoms with Crippen molar-refractivity contribution in [1.29, 1.82) is 0 Å². The van der Waals surface area contributed by atoms with Crippen LogP contribution in [0.2, 0.25) is 0 Å². The average Bonchev–Trinajstić information content (AvgIpc) is 2.64. The molecule has 0 aromatic heterocycles. The van der Waals surface area contributed by atoms with Crippen molar-refractivity contribution in [1.82, 2.24) is 0 Å². The second-order valence-electron chi connectivity index (χ2n) is 4.87. The largest absolute Gasteiger partial charge is 0.392 e. The highest BCUT2D eigenvalue weighted by Gasteiger charge is 2.17. The van der Waals surface area contributed by atoms with Crippen LogP contribution in [0.1, 0.15) is 24.8 Å². The zero-order chi connectivity index (χ0) is 12.1. The first-order valence-corrected chi connectivity index (χ1v) is 6.48.